The Kier molecular flexibility index (Phi) is 12.7. The molecule has 1 aliphatic heterocycles. The summed E-state index contributed by atoms with van der Waals surface area (Å²) in [6.07, 6.45) is -17.7. The summed E-state index contributed by atoms with van der Waals surface area (Å²) in [6, 6.07) is 1.73. The Balaban J connectivity index is 1.75. The molecule has 1 heterocycles. The highest BCUT2D eigenvalue weighted by atomic mass is 19.3. The van der Waals surface area contributed by atoms with Crippen molar-refractivity contribution in [3.8, 4) is 0 Å². The van der Waals surface area contributed by atoms with E-state index < -0.39 is 137 Å². The van der Waals surface area contributed by atoms with Gasteiger partial charge in [0.2, 0.25) is 0 Å². The number of carbonyl (C=O) groups excluding carboxylic acids is 6. The molecular formula is C41H52F3NO15. The Labute approximate surface area is 344 Å². The normalized spacial score (nSPS) is 33.0. The number of alkyl halides is 2. The number of halogens is 3. The fraction of sp³-hybridized carbons (Fsp3) is 0.659. The maximum Gasteiger partial charge on any atom is 0.408 e. The number of hydrogen-bond donors (Lipinski definition) is 4. The number of alkyl carbamates (subject to hydrolysis) is 1. The van der Waals surface area contributed by atoms with Gasteiger partial charge in [0.05, 0.1) is 29.6 Å². The first kappa shape index (κ1) is 46.5. The topological polar surface area (TPSA) is 231 Å². The van der Waals surface area contributed by atoms with Gasteiger partial charge in [0.25, 0.3) is 6.43 Å². The molecule has 11 atom stereocenters. The molecule has 3 aliphatic carbocycles. The number of amides is 1. The number of benzene rings is 1. The molecule has 1 saturated heterocycles. The van der Waals surface area contributed by atoms with Crippen molar-refractivity contribution >= 4 is 35.8 Å². The Hall–Kier alpha value is -4.59. The van der Waals surface area contributed by atoms with Crippen LogP contribution in [0, 0.1) is 22.6 Å². The molecule has 60 heavy (non-hydrogen) atoms. The van der Waals surface area contributed by atoms with E-state index in [1.165, 1.54) is 67.5 Å². The molecule has 2 bridgehead atoms. The molecule has 4 aliphatic rings. The average molecular weight is 856 g/mol. The number of nitrogens with one attached hydrogen (secondary N) is 1. The molecule has 4 N–H and O–H groups in total. The van der Waals surface area contributed by atoms with Crippen LogP contribution in [0.2, 0.25) is 0 Å². The number of aliphatic hydroxyl groups is 3. The van der Waals surface area contributed by atoms with Crippen LogP contribution in [0.15, 0.2) is 35.4 Å². The molecule has 0 aromatic heterocycles. The Morgan fingerprint density at radius 2 is 1.72 bits per heavy atom. The highest BCUT2D eigenvalue weighted by molar-refractivity contribution is 5.95. The molecule has 0 radical (unpaired) electrons. The van der Waals surface area contributed by atoms with Gasteiger partial charge in [-0.3, -0.25) is 14.4 Å². The molecule has 5 rings (SSSR count). The van der Waals surface area contributed by atoms with Crippen molar-refractivity contribution in [1.82, 2.24) is 5.32 Å². The Morgan fingerprint density at radius 1 is 1.07 bits per heavy atom. The lowest BCUT2D eigenvalue weighted by Gasteiger charge is -2.67. The van der Waals surface area contributed by atoms with Crippen LogP contribution in [-0.2, 0) is 47.6 Å². The van der Waals surface area contributed by atoms with Crippen LogP contribution < -0.4 is 5.32 Å². The average Bonchev–Trinajstić information content (AvgIpc) is 3.13. The third-order valence-corrected chi connectivity index (χ3v) is 12.3. The van der Waals surface area contributed by atoms with Gasteiger partial charge >= 0.3 is 30.0 Å². The van der Waals surface area contributed by atoms with Gasteiger partial charge in [-0.1, -0.05) is 26.8 Å². The third-order valence-electron chi connectivity index (χ3n) is 12.3. The summed E-state index contributed by atoms with van der Waals surface area (Å²) >= 11 is 0. The summed E-state index contributed by atoms with van der Waals surface area (Å²) in [7, 11) is 0. The van der Waals surface area contributed by atoms with Gasteiger partial charge in [-0.15, -0.1) is 0 Å². The second-order valence-electron chi connectivity index (χ2n) is 17.5. The van der Waals surface area contributed by atoms with Gasteiger partial charge in [0.1, 0.15) is 41.4 Å². The maximum atomic E-state index is 15.4. The first-order chi connectivity index (χ1) is 27.7. The first-order valence-electron chi connectivity index (χ1n) is 19.5. The van der Waals surface area contributed by atoms with Crippen molar-refractivity contribution < 1.29 is 85.7 Å². The zero-order valence-electron chi connectivity index (χ0n) is 34.7. The number of hydrogen-bond acceptors (Lipinski definition) is 15. The van der Waals surface area contributed by atoms with Gasteiger partial charge in [-0.2, -0.15) is 0 Å². The van der Waals surface area contributed by atoms with Gasteiger partial charge < -0.3 is 49.1 Å². The summed E-state index contributed by atoms with van der Waals surface area (Å²) in [6.45, 7) is 11.8. The van der Waals surface area contributed by atoms with Gasteiger partial charge in [0, 0.05) is 31.6 Å². The van der Waals surface area contributed by atoms with Gasteiger partial charge in [-0.05, 0) is 64.0 Å². The maximum absolute atomic E-state index is 15.4. The standard InChI is InChI=1S/C41H52F3NO15/c1-10-25(48)57-29-26-18(2)22(56-35(52)28(49)27(33(43)44)45-36(53)60-37(4,5)6)16-41(54,38(26,7)8)32(58-34(51)20-12-11-13-21(42)14-20)30-39(9,31(29)50)23(47)15-24-40(30,17-55-24)59-19(3)46/h11-14,22-24,27-30,32-33,47,49,54H,10,15-17H2,1-9H3,(H,45,53)/t22-,23-,24+,27+,28+,29+,30-,32-,39+,40-,41+/m0/s1. The number of ether oxygens (including phenoxy) is 6. The van der Waals surface area contributed by atoms with Crippen LogP contribution in [0.1, 0.15) is 91.9 Å². The summed E-state index contributed by atoms with van der Waals surface area (Å²) < 4.78 is 77.4. The van der Waals surface area contributed by atoms with Crippen molar-refractivity contribution in [1.29, 1.82) is 0 Å². The third kappa shape index (κ3) is 8.00. The second kappa shape index (κ2) is 16.4. The SMILES string of the molecule is CCC(=O)O[C@H]1C(=O)[C@@]2(C)[C@H]([C@H](OC(=O)c3cccc(F)c3)[C@]3(O)C[C@H](OC(=O)[C@H](O)[C@@H](NC(=O)OC(C)(C)C)C(F)F)C(C)=C1C3(C)C)[C@]1(OC(C)=O)CO[C@@H]1C[C@@H]2O. The fourth-order valence-electron chi connectivity index (χ4n) is 9.19. The van der Waals surface area contributed by atoms with Crippen molar-refractivity contribution in [3.05, 3.63) is 46.8 Å². The lowest BCUT2D eigenvalue weighted by atomic mass is 9.44. The zero-order chi connectivity index (χ0) is 45.1. The van der Waals surface area contributed by atoms with Crippen molar-refractivity contribution in [2.75, 3.05) is 6.61 Å². The van der Waals surface area contributed by atoms with Crippen LogP contribution in [0.4, 0.5) is 18.0 Å². The molecule has 0 unspecified atom stereocenters. The molecular weight excluding hydrogens is 803 g/mol. The molecule has 16 nitrogen and oxygen atoms in total. The van der Waals surface area contributed by atoms with E-state index in [1.807, 2.05) is 0 Å². The predicted octanol–water partition coefficient (Wildman–Crippen LogP) is 3.25. The molecule has 1 amide bonds. The number of carbonyl (C=O) groups is 6. The van der Waals surface area contributed by atoms with Crippen LogP contribution in [-0.4, -0.2) is 124 Å². The number of Topliss-reactive ketones (excluding diaryl/α,β-unsaturated/α-hetero) is 1. The van der Waals surface area contributed by atoms with Crippen LogP contribution in [0.25, 0.3) is 0 Å². The summed E-state index contributed by atoms with van der Waals surface area (Å²) in [4.78, 5) is 81.7. The Morgan fingerprint density at radius 3 is 2.25 bits per heavy atom. The zero-order valence-corrected chi connectivity index (χ0v) is 34.7. The highest BCUT2D eigenvalue weighted by Gasteiger charge is 2.78. The lowest BCUT2D eigenvalue weighted by Crippen LogP contribution is -2.82. The summed E-state index contributed by atoms with van der Waals surface area (Å²) in [5.41, 5.74) is -10.3. The fourth-order valence-corrected chi connectivity index (χ4v) is 9.19. The van der Waals surface area contributed by atoms with Crippen LogP contribution >= 0.6 is 0 Å². The number of aliphatic hydroxyl groups excluding tert-OH is 2. The van der Waals surface area contributed by atoms with Crippen molar-refractivity contribution in [3.63, 3.8) is 0 Å². The first-order valence-corrected chi connectivity index (χ1v) is 19.5. The van der Waals surface area contributed by atoms with E-state index in [2.05, 4.69) is 0 Å². The minimum absolute atomic E-state index is 0.0525. The van der Waals surface area contributed by atoms with E-state index in [-0.39, 0.29) is 29.6 Å². The second-order valence-corrected chi connectivity index (χ2v) is 17.5. The largest absolute Gasteiger partial charge is 0.456 e. The molecule has 1 aromatic rings. The van der Waals surface area contributed by atoms with Crippen LogP contribution in [0.5, 0.6) is 0 Å². The van der Waals surface area contributed by atoms with Crippen molar-refractivity contribution in [2.24, 2.45) is 16.7 Å². The minimum Gasteiger partial charge on any atom is -0.456 e. The number of ketones is 1. The van der Waals surface area contributed by atoms with E-state index in [0.717, 1.165) is 19.1 Å². The monoisotopic (exact) mass is 855 g/mol. The van der Waals surface area contributed by atoms with E-state index >= 15 is 4.79 Å². The molecule has 0 spiro atoms. The summed E-state index contributed by atoms with van der Waals surface area (Å²) in [5.74, 6) is -8.36. The molecule has 2 saturated carbocycles. The van der Waals surface area contributed by atoms with Gasteiger partial charge in [-0.25, -0.2) is 27.6 Å². The highest BCUT2D eigenvalue weighted by Crippen LogP contribution is 2.64. The molecule has 19 heteroatoms. The number of fused-ring (bicyclic) bond motifs is 5. The lowest BCUT2D eigenvalue weighted by molar-refractivity contribution is -0.346. The van der Waals surface area contributed by atoms with E-state index in [1.54, 1.807) is 5.32 Å². The molecule has 3 fully saturated rings. The number of rotatable bonds is 10. The minimum atomic E-state index is -3.55. The smallest absolute Gasteiger partial charge is 0.408 e. The molecule has 332 valence electrons. The Bertz CT molecular complexity index is 1950. The van der Waals surface area contributed by atoms with E-state index in [0.29, 0.717) is 0 Å². The van der Waals surface area contributed by atoms with Gasteiger partial charge in [0.15, 0.2) is 23.6 Å². The summed E-state index contributed by atoms with van der Waals surface area (Å²) in [5, 5.41) is 38.1. The van der Waals surface area contributed by atoms with Crippen LogP contribution in [0.3, 0.4) is 0 Å². The number of esters is 4. The molecule has 1 aromatic carbocycles. The van der Waals surface area contributed by atoms with E-state index in [4.69, 9.17) is 28.4 Å². The quantitative estimate of drug-likeness (QED) is 0.150. The van der Waals surface area contributed by atoms with Crippen molar-refractivity contribution in [2.45, 2.75) is 147 Å². The van der Waals surface area contributed by atoms with E-state index in [9.17, 15) is 52.5 Å². The predicted molar refractivity (Wildman–Crippen MR) is 198 cm³/mol.